The predicted molar refractivity (Wildman–Crippen MR) is 244 cm³/mol. The number of nitro groups is 1. The van der Waals surface area contributed by atoms with E-state index < -0.39 is 31.4 Å². The van der Waals surface area contributed by atoms with Crippen molar-refractivity contribution in [2.75, 3.05) is 62.8 Å². The number of hydrogen-bond donors (Lipinski definition) is 2. The van der Waals surface area contributed by atoms with Gasteiger partial charge >= 0.3 is 0 Å². The third-order valence-electron chi connectivity index (χ3n) is 10.6. The average Bonchev–Trinajstić information content (AvgIpc) is 3.25. The predicted octanol–water partition coefficient (Wildman–Crippen LogP) is 9.03. The van der Waals surface area contributed by atoms with Gasteiger partial charge < -0.3 is 15.1 Å². The van der Waals surface area contributed by atoms with E-state index in [0.29, 0.717) is 16.5 Å². The number of halogens is 1. The Labute approximate surface area is 360 Å². The standard InChI is InChI=1S/C46H47ClN6O5S2/c1-50(2)25-24-39(32-59-41-9-4-3-5-10-41)48-38-20-23-44(43(30-38)53(55)56)60(57,58)49-46(54)35-16-21-40(22-17-35)52-28-26-51(27-29-52)31-36-13-12-33-8-6-7-11-42(33)45(36)34-14-18-37(47)19-15-34/h3-23,30,39,48H,24-29,31-32H2,1-2H3,(H,49,54)/t39-/m1/s1. The lowest BCUT2D eigenvalue weighted by Gasteiger charge is -2.36. The highest BCUT2D eigenvalue weighted by Gasteiger charge is 2.29. The number of nitrogens with one attached hydrogen (secondary N) is 2. The fourth-order valence-corrected chi connectivity index (χ4v) is 9.66. The van der Waals surface area contributed by atoms with Crippen molar-refractivity contribution in [2.24, 2.45) is 0 Å². The van der Waals surface area contributed by atoms with Crippen molar-refractivity contribution in [1.29, 1.82) is 0 Å². The summed E-state index contributed by atoms with van der Waals surface area (Å²) in [5.74, 6) is -0.188. The molecule has 1 saturated heterocycles. The van der Waals surface area contributed by atoms with Crippen molar-refractivity contribution in [2.45, 2.75) is 28.8 Å². The molecule has 1 aliphatic rings. The van der Waals surface area contributed by atoms with Gasteiger partial charge in [0, 0.05) is 77.4 Å². The summed E-state index contributed by atoms with van der Waals surface area (Å²) in [6.07, 6.45) is 0.754. The molecule has 2 N–H and O–H groups in total. The molecule has 6 aromatic rings. The Morgan fingerprint density at radius 3 is 2.27 bits per heavy atom. The zero-order valence-electron chi connectivity index (χ0n) is 33.5. The lowest BCUT2D eigenvalue weighted by atomic mass is 9.93. The number of anilines is 2. The number of fused-ring (bicyclic) bond motifs is 1. The summed E-state index contributed by atoms with van der Waals surface area (Å²) >= 11 is 7.90. The number of benzene rings is 6. The molecular weight excluding hydrogens is 816 g/mol. The maximum absolute atomic E-state index is 13.5. The van der Waals surface area contributed by atoms with Gasteiger partial charge in [0.1, 0.15) is 0 Å². The van der Waals surface area contributed by atoms with Crippen LogP contribution in [0.2, 0.25) is 5.02 Å². The largest absolute Gasteiger partial charge is 0.381 e. The molecule has 0 aromatic heterocycles. The summed E-state index contributed by atoms with van der Waals surface area (Å²) in [4.78, 5) is 32.0. The van der Waals surface area contributed by atoms with Crippen LogP contribution in [0.1, 0.15) is 22.3 Å². The van der Waals surface area contributed by atoms with Gasteiger partial charge in [-0.2, -0.15) is 0 Å². The summed E-state index contributed by atoms with van der Waals surface area (Å²) in [6, 6.07) is 41.3. The summed E-state index contributed by atoms with van der Waals surface area (Å²) in [7, 11) is -0.644. The van der Waals surface area contributed by atoms with E-state index in [4.69, 9.17) is 11.6 Å². The Morgan fingerprint density at radius 1 is 0.867 bits per heavy atom. The van der Waals surface area contributed by atoms with E-state index in [0.717, 1.165) is 61.8 Å². The van der Waals surface area contributed by atoms with Gasteiger partial charge in [0.25, 0.3) is 21.6 Å². The average molecular weight is 864 g/mol. The van der Waals surface area contributed by atoms with Crippen LogP contribution in [0.25, 0.3) is 21.9 Å². The quantitative estimate of drug-likeness (QED) is 0.0553. The highest BCUT2D eigenvalue weighted by molar-refractivity contribution is 7.99. The minimum absolute atomic E-state index is 0.0597. The molecule has 1 amide bonds. The molecule has 1 atom stereocenters. The van der Waals surface area contributed by atoms with Crippen LogP contribution < -0.4 is 14.9 Å². The first-order chi connectivity index (χ1) is 28.9. The van der Waals surface area contributed by atoms with Crippen LogP contribution in [0.4, 0.5) is 17.1 Å². The van der Waals surface area contributed by atoms with E-state index in [1.54, 1.807) is 36.0 Å². The molecule has 6 aromatic carbocycles. The number of amides is 1. The van der Waals surface area contributed by atoms with E-state index in [-0.39, 0.29) is 11.6 Å². The number of sulfonamides is 1. The van der Waals surface area contributed by atoms with Crippen molar-refractivity contribution >= 4 is 67.1 Å². The number of rotatable bonds is 16. The Kier molecular flexibility index (Phi) is 13.7. The van der Waals surface area contributed by atoms with E-state index >= 15 is 0 Å². The number of carbonyl (C=O) groups excluding carboxylic acids is 1. The van der Waals surface area contributed by atoms with Gasteiger partial charge in [0.05, 0.1) is 4.92 Å². The summed E-state index contributed by atoms with van der Waals surface area (Å²) in [6.45, 7) is 4.74. The van der Waals surface area contributed by atoms with Gasteiger partial charge in [-0.05, 0) is 115 Å². The van der Waals surface area contributed by atoms with Crippen molar-refractivity contribution in [1.82, 2.24) is 14.5 Å². The normalized spacial score (nSPS) is 14.0. The van der Waals surface area contributed by atoms with Gasteiger partial charge in [-0.15, -0.1) is 11.8 Å². The topological polar surface area (TPSA) is 128 Å². The van der Waals surface area contributed by atoms with Crippen molar-refractivity contribution < 1.29 is 18.1 Å². The van der Waals surface area contributed by atoms with Gasteiger partial charge in [-0.3, -0.25) is 19.8 Å². The maximum Gasteiger partial charge on any atom is 0.291 e. The molecule has 310 valence electrons. The van der Waals surface area contributed by atoms with Crippen molar-refractivity contribution in [3.05, 3.63) is 160 Å². The molecule has 0 aliphatic carbocycles. The molecule has 1 heterocycles. The molecular formula is C46H47ClN6O5S2. The van der Waals surface area contributed by atoms with Crippen LogP contribution in [-0.4, -0.2) is 87.7 Å². The molecule has 0 radical (unpaired) electrons. The summed E-state index contributed by atoms with van der Waals surface area (Å²) in [5.41, 5.74) is 4.39. The minimum Gasteiger partial charge on any atom is -0.381 e. The zero-order valence-corrected chi connectivity index (χ0v) is 35.8. The monoisotopic (exact) mass is 862 g/mol. The Morgan fingerprint density at radius 2 is 1.57 bits per heavy atom. The second-order valence-corrected chi connectivity index (χ2v) is 18.2. The molecule has 0 saturated carbocycles. The molecule has 7 rings (SSSR count). The first-order valence-corrected chi connectivity index (χ1v) is 22.6. The maximum atomic E-state index is 13.5. The SMILES string of the molecule is CN(C)CC[C@H](CSc1ccccc1)Nc1ccc(S(=O)(=O)NC(=O)c2ccc(N3CCN(Cc4ccc5ccccc5c4-c4ccc(Cl)cc4)CC3)cc2)c([N+](=O)[O-])c1. The van der Waals surface area contributed by atoms with Crippen LogP contribution in [0.3, 0.4) is 0 Å². The van der Waals surface area contributed by atoms with Crippen molar-refractivity contribution in [3.8, 4) is 11.1 Å². The Bertz CT molecular complexity index is 2550. The van der Waals surface area contributed by atoms with E-state index in [1.807, 2.05) is 61.3 Å². The van der Waals surface area contributed by atoms with Gasteiger partial charge in [-0.1, -0.05) is 78.3 Å². The number of hydrogen-bond acceptors (Lipinski definition) is 10. The van der Waals surface area contributed by atoms with Gasteiger partial charge in [-0.25, -0.2) is 13.1 Å². The molecule has 11 nitrogen and oxygen atoms in total. The number of carbonyl (C=O) groups is 1. The Balaban J connectivity index is 0.978. The third-order valence-corrected chi connectivity index (χ3v) is 13.4. The van der Waals surface area contributed by atoms with Gasteiger partial charge in [0.2, 0.25) is 0 Å². The van der Waals surface area contributed by atoms with Crippen LogP contribution in [-0.2, 0) is 16.6 Å². The lowest BCUT2D eigenvalue weighted by molar-refractivity contribution is -0.387. The van der Waals surface area contributed by atoms with E-state index in [1.165, 1.54) is 40.1 Å². The van der Waals surface area contributed by atoms with Crippen molar-refractivity contribution in [3.63, 3.8) is 0 Å². The van der Waals surface area contributed by atoms with Gasteiger partial charge in [0.15, 0.2) is 4.90 Å². The molecule has 0 unspecified atom stereocenters. The van der Waals surface area contributed by atoms with E-state index in [2.05, 4.69) is 68.5 Å². The molecule has 0 spiro atoms. The van der Waals surface area contributed by atoms with Crippen LogP contribution in [0.15, 0.2) is 143 Å². The summed E-state index contributed by atoms with van der Waals surface area (Å²) < 4.78 is 29.0. The lowest BCUT2D eigenvalue weighted by Crippen LogP contribution is -2.46. The molecule has 1 aliphatic heterocycles. The van der Waals surface area contributed by atoms with E-state index in [9.17, 15) is 23.3 Å². The number of nitro benzene ring substituents is 1. The third kappa shape index (κ3) is 10.6. The molecule has 14 heteroatoms. The van der Waals surface area contributed by atoms with Crippen LogP contribution in [0.5, 0.6) is 0 Å². The Hall–Kier alpha value is -5.44. The second-order valence-electron chi connectivity index (χ2n) is 15.1. The number of thioether (sulfide) groups is 1. The number of nitrogens with zero attached hydrogens (tertiary/aromatic N) is 4. The minimum atomic E-state index is -4.60. The highest BCUT2D eigenvalue weighted by Crippen LogP contribution is 2.34. The fraction of sp³-hybridized carbons (Fsp3) is 0.239. The molecule has 0 bridgehead atoms. The number of piperazine rings is 1. The molecule has 1 fully saturated rings. The first-order valence-electron chi connectivity index (χ1n) is 19.7. The fourth-order valence-electron chi connectivity index (χ4n) is 7.41. The zero-order chi connectivity index (χ0) is 42.2. The second kappa shape index (κ2) is 19.3. The smallest absolute Gasteiger partial charge is 0.291 e. The van der Waals surface area contributed by atoms with Crippen LogP contribution in [0, 0.1) is 10.1 Å². The van der Waals surface area contributed by atoms with Crippen LogP contribution >= 0.6 is 23.4 Å². The first kappa shape index (κ1) is 42.7. The summed E-state index contributed by atoms with van der Waals surface area (Å²) in [5, 5.41) is 18.6. The molecule has 60 heavy (non-hydrogen) atoms. The highest BCUT2D eigenvalue weighted by atomic mass is 35.5.